The van der Waals surface area contributed by atoms with Crippen LogP contribution in [0, 0.1) is 24.1 Å². The van der Waals surface area contributed by atoms with Crippen LogP contribution in [0.2, 0.25) is 0 Å². The van der Waals surface area contributed by atoms with Crippen molar-refractivity contribution in [1.29, 1.82) is 5.26 Å². The number of rotatable bonds is 3. The lowest BCUT2D eigenvalue weighted by Crippen LogP contribution is -2.01. The lowest BCUT2D eigenvalue weighted by Gasteiger charge is -2.08. The first-order chi connectivity index (χ1) is 8.61. The van der Waals surface area contributed by atoms with Gasteiger partial charge in [0.25, 0.3) is 0 Å². The van der Waals surface area contributed by atoms with Crippen LogP contribution in [0.5, 0.6) is 0 Å². The second-order valence-corrected chi connectivity index (χ2v) is 5.71. The Morgan fingerprint density at radius 1 is 1.56 bits per heavy atom. The van der Waals surface area contributed by atoms with E-state index < -0.39 is 5.82 Å². The molecule has 0 aliphatic heterocycles. The molecule has 0 fully saturated rings. The zero-order chi connectivity index (χ0) is 13.1. The molecule has 92 valence electrons. The molecule has 0 radical (unpaired) electrons. The molecule has 0 spiro atoms. The van der Waals surface area contributed by atoms with Gasteiger partial charge in [-0.15, -0.1) is 11.3 Å². The molecule has 0 aliphatic rings. The summed E-state index contributed by atoms with van der Waals surface area (Å²) in [6.45, 7) is 2.44. The Morgan fingerprint density at radius 3 is 2.94 bits per heavy atom. The minimum Gasteiger partial charge on any atom is -0.378 e. The van der Waals surface area contributed by atoms with Gasteiger partial charge in [0.05, 0.1) is 27.3 Å². The molecule has 1 aromatic carbocycles. The number of nitriles is 1. The molecule has 0 saturated carbocycles. The smallest absolute Gasteiger partial charge is 0.161 e. The van der Waals surface area contributed by atoms with Crippen LogP contribution in [0.1, 0.15) is 15.4 Å². The second-order valence-electron chi connectivity index (χ2n) is 3.60. The lowest BCUT2D eigenvalue weighted by molar-refractivity contribution is 0.623. The second kappa shape index (κ2) is 5.46. The molecule has 0 bridgehead atoms. The molecule has 0 atom stereocenters. The van der Waals surface area contributed by atoms with Crippen LogP contribution in [0.4, 0.5) is 10.1 Å². The maximum atomic E-state index is 13.9. The molecule has 18 heavy (non-hydrogen) atoms. The van der Waals surface area contributed by atoms with E-state index in [4.69, 9.17) is 5.26 Å². The minimum absolute atomic E-state index is 0.190. The number of halogens is 2. The van der Waals surface area contributed by atoms with Crippen molar-refractivity contribution in [3.05, 3.63) is 44.1 Å². The van der Waals surface area contributed by atoms with Crippen molar-refractivity contribution in [3.8, 4) is 6.07 Å². The van der Waals surface area contributed by atoms with Gasteiger partial charge in [-0.3, -0.25) is 0 Å². The van der Waals surface area contributed by atoms with E-state index in [1.807, 2.05) is 13.0 Å². The summed E-state index contributed by atoms with van der Waals surface area (Å²) >= 11 is 4.64. The number of hydrogen-bond donors (Lipinski definition) is 1. The number of nitrogens with zero attached hydrogens (tertiary/aromatic N) is 2. The number of aryl methyl sites for hydroxylation is 1. The van der Waals surface area contributed by atoms with Crippen LogP contribution in [0.15, 0.2) is 22.8 Å². The van der Waals surface area contributed by atoms with Gasteiger partial charge in [-0.05, 0) is 35.0 Å². The molecular formula is C12H9BrFN3S. The Morgan fingerprint density at radius 2 is 2.33 bits per heavy atom. The molecule has 3 nitrogen and oxygen atoms in total. The Hall–Kier alpha value is -1.45. The normalized spacial score (nSPS) is 10.1. The van der Waals surface area contributed by atoms with Gasteiger partial charge < -0.3 is 5.32 Å². The van der Waals surface area contributed by atoms with E-state index in [0.29, 0.717) is 12.2 Å². The number of aromatic nitrogens is 1. The number of nitrogens with one attached hydrogen (secondary N) is 1. The van der Waals surface area contributed by atoms with Crippen molar-refractivity contribution in [2.45, 2.75) is 13.5 Å². The zero-order valence-corrected chi connectivity index (χ0v) is 11.9. The van der Waals surface area contributed by atoms with Crippen LogP contribution in [-0.2, 0) is 6.54 Å². The molecule has 1 N–H and O–H groups in total. The summed E-state index contributed by atoms with van der Waals surface area (Å²) in [5.41, 5.74) is 0.651. The summed E-state index contributed by atoms with van der Waals surface area (Å²) < 4.78 is 14.1. The number of benzene rings is 1. The quantitative estimate of drug-likeness (QED) is 0.932. The largest absolute Gasteiger partial charge is 0.378 e. The number of hydrogen-bond acceptors (Lipinski definition) is 4. The van der Waals surface area contributed by atoms with Gasteiger partial charge in [-0.25, -0.2) is 9.37 Å². The van der Waals surface area contributed by atoms with E-state index in [1.54, 1.807) is 29.7 Å². The fourth-order valence-electron chi connectivity index (χ4n) is 1.44. The van der Waals surface area contributed by atoms with Crippen molar-refractivity contribution in [1.82, 2.24) is 4.98 Å². The third-order valence-corrected chi connectivity index (χ3v) is 4.01. The van der Waals surface area contributed by atoms with Gasteiger partial charge in [-0.2, -0.15) is 5.26 Å². The standard InChI is InChI=1S/C12H9BrFN3S/c1-7-16-5-9(18-7)6-17-10-3-2-8(4-15)11(13)12(10)14/h2-3,5,17H,6H2,1H3. The zero-order valence-electron chi connectivity index (χ0n) is 9.50. The summed E-state index contributed by atoms with van der Waals surface area (Å²) in [4.78, 5) is 5.16. The van der Waals surface area contributed by atoms with E-state index in [9.17, 15) is 4.39 Å². The van der Waals surface area contributed by atoms with Gasteiger partial charge in [0.15, 0.2) is 5.82 Å². The fraction of sp³-hybridized carbons (Fsp3) is 0.167. The van der Waals surface area contributed by atoms with Gasteiger partial charge in [0.1, 0.15) is 6.07 Å². The molecule has 1 aromatic heterocycles. The van der Waals surface area contributed by atoms with E-state index in [2.05, 4.69) is 26.2 Å². The molecular weight excluding hydrogens is 317 g/mol. The van der Waals surface area contributed by atoms with Crippen LogP contribution in [0.25, 0.3) is 0 Å². The highest BCUT2D eigenvalue weighted by Crippen LogP contribution is 2.27. The summed E-state index contributed by atoms with van der Waals surface area (Å²) in [6, 6.07) is 5.06. The first-order valence-corrected chi connectivity index (χ1v) is 6.76. The molecule has 0 aliphatic carbocycles. The number of anilines is 1. The Bertz CT molecular complexity index is 618. The Kier molecular flexibility index (Phi) is 3.94. The molecule has 1 heterocycles. The van der Waals surface area contributed by atoms with Crippen LogP contribution in [0.3, 0.4) is 0 Å². The van der Waals surface area contributed by atoms with Gasteiger partial charge in [-0.1, -0.05) is 0 Å². The third kappa shape index (κ3) is 2.68. The van der Waals surface area contributed by atoms with E-state index in [-0.39, 0.29) is 10.0 Å². The first-order valence-electron chi connectivity index (χ1n) is 5.15. The van der Waals surface area contributed by atoms with Crippen LogP contribution >= 0.6 is 27.3 Å². The molecule has 6 heteroatoms. The van der Waals surface area contributed by atoms with E-state index >= 15 is 0 Å². The molecule has 0 amide bonds. The monoisotopic (exact) mass is 325 g/mol. The summed E-state index contributed by atoms with van der Waals surface area (Å²) in [5, 5.41) is 12.7. The van der Waals surface area contributed by atoms with E-state index in [0.717, 1.165) is 9.88 Å². The molecule has 0 saturated heterocycles. The predicted molar refractivity (Wildman–Crippen MR) is 73.0 cm³/mol. The number of thiazole rings is 1. The lowest BCUT2D eigenvalue weighted by atomic mass is 10.2. The topological polar surface area (TPSA) is 48.7 Å². The van der Waals surface area contributed by atoms with Crippen molar-refractivity contribution >= 4 is 33.0 Å². The Balaban J connectivity index is 2.15. The van der Waals surface area contributed by atoms with Gasteiger partial charge >= 0.3 is 0 Å². The summed E-state index contributed by atoms with van der Waals surface area (Å²) in [6.07, 6.45) is 1.77. The van der Waals surface area contributed by atoms with Crippen molar-refractivity contribution < 1.29 is 4.39 Å². The van der Waals surface area contributed by atoms with Gasteiger partial charge in [0, 0.05) is 11.1 Å². The summed E-state index contributed by atoms with van der Waals surface area (Å²) in [5.74, 6) is -0.449. The van der Waals surface area contributed by atoms with Crippen molar-refractivity contribution in [3.63, 3.8) is 0 Å². The van der Waals surface area contributed by atoms with Gasteiger partial charge in [0.2, 0.25) is 0 Å². The highest BCUT2D eigenvalue weighted by molar-refractivity contribution is 9.10. The first kappa shape index (κ1) is 13.0. The highest BCUT2D eigenvalue weighted by Gasteiger charge is 2.11. The SMILES string of the molecule is Cc1ncc(CNc2ccc(C#N)c(Br)c2F)s1. The van der Waals surface area contributed by atoms with Crippen molar-refractivity contribution in [2.75, 3.05) is 5.32 Å². The average molecular weight is 326 g/mol. The maximum Gasteiger partial charge on any atom is 0.161 e. The van der Waals surface area contributed by atoms with Crippen LogP contribution in [-0.4, -0.2) is 4.98 Å². The molecule has 2 rings (SSSR count). The maximum absolute atomic E-state index is 13.9. The third-order valence-electron chi connectivity index (χ3n) is 2.32. The van der Waals surface area contributed by atoms with Crippen molar-refractivity contribution in [2.24, 2.45) is 0 Å². The minimum atomic E-state index is -0.449. The molecule has 0 unspecified atom stereocenters. The molecule has 2 aromatic rings. The average Bonchev–Trinajstić information content (AvgIpc) is 2.77. The van der Waals surface area contributed by atoms with E-state index in [1.165, 1.54) is 0 Å². The highest BCUT2D eigenvalue weighted by atomic mass is 79.9. The van der Waals surface area contributed by atoms with Crippen LogP contribution < -0.4 is 5.32 Å². The Labute approximate surface area is 116 Å². The summed E-state index contributed by atoms with van der Waals surface area (Å²) in [7, 11) is 0. The predicted octanol–water partition coefficient (Wildman–Crippen LogP) is 3.84. The fourth-order valence-corrected chi connectivity index (χ4v) is 2.61.